The van der Waals surface area contributed by atoms with Crippen molar-refractivity contribution in [2.24, 2.45) is 17.6 Å². The number of halogens is 1. The lowest BCUT2D eigenvalue weighted by atomic mass is 9.88. The first-order valence-electron chi connectivity index (χ1n) is 9.50. The van der Waals surface area contributed by atoms with Crippen molar-refractivity contribution < 1.29 is 14.4 Å². The number of hydrogen-bond acceptors (Lipinski definition) is 4. The number of carbonyl (C=O) groups is 3. The van der Waals surface area contributed by atoms with Gasteiger partial charge >= 0.3 is 0 Å². The van der Waals surface area contributed by atoms with Gasteiger partial charge in [-0.3, -0.25) is 14.4 Å². The molecule has 1 saturated heterocycles. The molecule has 0 spiro atoms. The van der Waals surface area contributed by atoms with Gasteiger partial charge in [0.05, 0.1) is 12.6 Å². The van der Waals surface area contributed by atoms with Crippen LogP contribution in [0, 0.1) is 11.8 Å². The molecule has 150 valence electrons. The molecule has 0 bridgehead atoms. The minimum absolute atomic E-state index is 0. The van der Waals surface area contributed by atoms with Crippen molar-refractivity contribution in [3.8, 4) is 0 Å². The summed E-state index contributed by atoms with van der Waals surface area (Å²) in [5, 5.41) is 5.47. The zero-order chi connectivity index (χ0) is 18.4. The molecule has 2 fully saturated rings. The Hall–Kier alpha value is -1.34. The van der Waals surface area contributed by atoms with Crippen molar-refractivity contribution in [3.05, 3.63) is 0 Å². The highest BCUT2D eigenvalue weighted by Gasteiger charge is 2.32. The van der Waals surface area contributed by atoms with Gasteiger partial charge in [-0.15, -0.1) is 12.4 Å². The fourth-order valence-electron chi connectivity index (χ4n) is 3.55. The van der Waals surface area contributed by atoms with E-state index in [9.17, 15) is 14.4 Å². The van der Waals surface area contributed by atoms with E-state index in [4.69, 9.17) is 5.73 Å². The Labute approximate surface area is 162 Å². The first-order chi connectivity index (χ1) is 11.9. The van der Waals surface area contributed by atoms with Crippen LogP contribution in [-0.2, 0) is 14.4 Å². The maximum absolute atomic E-state index is 12.5. The molecule has 0 aromatic rings. The van der Waals surface area contributed by atoms with E-state index in [-0.39, 0.29) is 54.6 Å². The van der Waals surface area contributed by atoms with Gasteiger partial charge in [0.25, 0.3) is 0 Å². The fraction of sp³-hybridized carbons (Fsp3) is 0.833. The Morgan fingerprint density at radius 2 is 1.77 bits per heavy atom. The zero-order valence-electron chi connectivity index (χ0n) is 15.8. The van der Waals surface area contributed by atoms with E-state index in [1.54, 1.807) is 0 Å². The molecule has 0 radical (unpaired) electrons. The van der Waals surface area contributed by atoms with Crippen molar-refractivity contribution in [2.75, 3.05) is 19.6 Å². The van der Waals surface area contributed by atoms with Gasteiger partial charge in [-0.2, -0.15) is 0 Å². The Kier molecular flexibility index (Phi) is 9.36. The molecule has 1 aliphatic heterocycles. The quantitative estimate of drug-likeness (QED) is 0.626. The molecule has 3 amide bonds. The van der Waals surface area contributed by atoms with E-state index in [0.717, 1.165) is 32.1 Å². The molecular formula is C18H33ClN4O3. The third kappa shape index (κ3) is 6.43. The molecule has 26 heavy (non-hydrogen) atoms. The predicted molar refractivity (Wildman–Crippen MR) is 103 cm³/mol. The van der Waals surface area contributed by atoms with Crippen LogP contribution in [0.5, 0.6) is 0 Å². The van der Waals surface area contributed by atoms with E-state index >= 15 is 0 Å². The highest BCUT2D eigenvalue weighted by Crippen LogP contribution is 2.26. The Bertz CT molecular complexity index is 495. The molecule has 1 saturated carbocycles. The minimum Gasteiger partial charge on any atom is -0.350 e. The van der Waals surface area contributed by atoms with Crippen molar-refractivity contribution >= 4 is 30.1 Å². The van der Waals surface area contributed by atoms with Gasteiger partial charge in [-0.05, 0) is 25.2 Å². The Morgan fingerprint density at radius 1 is 1.12 bits per heavy atom. The van der Waals surface area contributed by atoms with E-state index in [1.807, 2.05) is 18.7 Å². The van der Waals surface area contributed by atoms with Gasteiger partial charge in [0.15, 0.2) is 0 Å². The lowest BCUT2D eigenvalue weighted by Gasteiger charge is -2.26. The van der Waals surface area contributed by atoms with Crippen LogP contribution >= 0.6 is 12.4 Å². The van der Waals surface area contributed by atoms with Crippen LogP contribution in [-0.4, -0.2) is 54.3 Å². The number of nitrogens with zero attached hydrogens (tertiary/aromatic N) is 1. The second-order valence-electron chi connectivity index (χ2n) is 7.66. The normalized spacial score (nSPS) is 21.8. The van der Waals surface area contributed by atoms with E-state index in [0.29, 0.717) is 13.1 Å². The number of nitrogens with one attached hydrogen (secondary N) is 2. The van der Waals surface area contributed by atoms with Gasteiger partial charge in [-0.1, -0.05) is 33.1 Å². The third-order valence-electron chi connectivity index (χ3n) is 5.26. The lowest BCUT2D eigenvalue weighted by Crippen LogP contribution is -2.49. The summed E-state index contributed by atoms with van der Waals surface area (Å²) in [5.74, 6) is -0.114. The van der Waals surface area contributed by atoms with Crippen LogP contribution in [0.3, 0.4) is 0 Å². The summed E-state index contributed by atoms with van der Waals surface area (Å²) < 4.78 is 0. The zero-order valence-corrected chi connectivity index (χ0v) is 16.6. The Morgan fingerprint density at radius 3 is 2.38 bits per heavy atom. The smallest absolute Gasteiger partial charge is 0.239 e. The van der Waals surface area contributed by atoms with Crippen molar-refractivity contribution in [1.82, 2.24) is 15.5 Å². The highest BCUT2D eigenvalue weighted by atomic mass is 35.5. The third-order valence-corrected chi connectivity index (χ3v) is 5.26. The van der Waals surface area contributed by atoms with Crippen LogP contribution in [0.15, 0.2) is 0 Å². The fourth-order valence-corrected chi connectivity index (χ4v) is 3.55. The largest absolute Gasteiger partial charge is 0.350 e. The number of rotatable bonds is 6. The SMILES string of the molecule is CC(C)[C@H](N)C(=O)NCC(=O)NC1CCN(C(=O)C2CCCCC2)C1.Cl. The summed E-state index contributed by atoms with van der Waals surface area (Å²) in [4.78, 5) is 38.2. The average Bonchev–Trinajstić information content (AvgIpc) is 3.07. The number of carbonyl (C=O) groups excluding carboxylic acids is 3. The molecule has 1 aliphatic carbocycles. The topological polar surface area (TPSA) is 105 Å². The molecule has 2 rings (SSSR count). The number of likely N-dealkylation sites (tertiary alicyclic amines) is 1. The first-order valence-corrected chi connectivity index (χ1v) is 9.50. The minimum atomic E-state index is -0.608. The van der Waals surface area contributed by atoms with Gasteiger partial charge < -0.3 is 21.3 Å². The molecular weight excluding hydrogens is 356 g/mol. The van der Waals surface area contributed by atoms with Crippen molar-refractivity contribution in [3.63, 3.8) is 0 Å². The maximum Gasteiger partial charge on any atom is 0.239 e. The molecule has 4 N–H and O–H groups in total. The van der Waals surface area contributed by atoms with Crippen LogP contribution < -0.4 is 16.4 Å². The number of nitrogens with two attached hydrogens (primary N) is 1. The summed E-state index contributed by atoms with van der Waals surface area (Å²) in [6, 6.07) is -0.640. The molecule has 2 atom stereocenters. The van der Waals surface area contributed by atoms with Crippen LogP contribution in [0.2, 0.25) is 0 Å². The standard InChI is InChI=1S/C18H32N4O3.ClH/c1-12(2)16(19)17(24)20-10-15(23)21-14-8-9-22(11-14)18(25)13-6-4-3-5-7-13;/h12-14,16H,3-11,19H2,1-2H3,(H,20,24)(H,21,23);1H/t14?,16-;/m0./s1. The molecule has 7 nitrogen and oxygen atoms in total. The van der Waals surface area contributed by atoms with Gasteiger partial charge in [-0.25, -0.2) is 0 Å². The van der Waals surface area contributed by atoms with E-state index in [2.05, 4.69) is 10.6 Å². The maximum atomic E-state index is 12.5. The average molecular weight is 389 g/mol. The highest BCUT2D eigenvalue weighted by molar-refractivity contribution is 5.87. The summed E-state index contributed by atoms with van der Waals surface area (Å²) >= 11 is 0. The molecule has 0 aromatic carbocycles. The number of hydrogen-bond donors (Lipinski definition) is 3. The second kappa shape index (κ2) is 10.7. The van der Waals surface area contributed by atoms with Crippen LogP contribution in [0.25, 0.3) is 0 Å². The molecule has 8 heteroatoms. The molecule has 1 heterocycles. The van der Waals surface area contributed by atoms with Gasteiger partial charge in [0.2, 0.25) is 17.7 Å². The number of amides is 3. The second-order valence-corrected chi connectivity index (χ2v) is 7.66. The van der Waals surface area contributed by atoms with E-state index < -0.39 is 6.04 Å². The lowest BCUT2D eigenvalue weighted by molar-refractivity contribution is -0.135. The van der Waals surface area contributed by atoms with Crippen LogP contribution in [0.1, 0.15) is 52.4 Å². The van der Waals surface area contributed by atoms with Gasteiger partial charge in [0.1, 0.15) is 0 Å². The van der Waals surface area contributed by atoms with Crippen molar-refractivity contribution in [2.45, 2.75) is 64.5 Å². The Balaban J connectivity index is 0.00000338. The van der Waals surface area contributed by atoms with Crippen LogP contribution in [0.4, 0.5) is 0 Å². The molecule has 0 aromatic heterocycles. The summed E-state index contributed by atoms with van der Waals surface area (Å²) in [6.45, 7) is 4.92. The molecule has 2 aliphatic rings. The summed E-state index contributed by atoms with van der Waals surface area (Å²) in [6.07, 6.45) is 6.27. The molecule has 1 unspecified atom stereocenters. The predicted octanol–water partition coefficient (Wildman–Crippen LogP) is 0.805. The van der Waals surface area contributed by atoms with Crippen molar-refractivity contribution in [1.29, 1.82) is 0 Å². The summed E-state index contributed by atoms with van der Waals surface area (Å²) in [5.41, 5.74) is 5.74. The monoisotopic (exact) mass is 388 g/mol. The van der Waals surface area contributed by atoms with Gasteiger partial charge in [0, 0.05) is 25.0 Å². The van der Waals surface area contributed by atoms with E-state index in [1.165, 1.54) is 6.42 Å². The summed E-state index contributed by atoms with van der Waals surface area (Å²) in [7, 11) is 0. The first kappa shape index (κ1) is 22.7.